The molecule has 0 aliphatic carbocycles. The Labute approximate surface area is 84.3 Å². The monoisotopic (exact) mass is 245 g/mol. The number of nitrogens with two attached hydrogens (primary N) is 1. The topological polar surface area (TPSA) is 171 Å². The summed E-state index contributed by atoms with van der Waals surface area (Å²) in [6.45, 7) is -0.921. The number of rotatable bonds is 6. The van der Waals surface area contributed by atoms with Crippen LogP contribution in [0.2, 0.25) is 0 Å². The maximum absolute atomic E-state index is 10.6. The molecule has 0 aromatic carbocycles. The van der Waals surface area contributed by atoms with E-state index >= 15 is 0 Å². The zero-order valence-electron chi connectivity index (χ0n) is 7.42. The van der Waals surface area contributed by atoms with Crippen LogP contribution < -0.4 is 5.73 Å². The number of carbonyl (C=O) groups excluding carboxylic acids is 1. The number of amides is 1. The molecule has 0 aromatic heterocycles. The van der Waals surface area contributed by atoms with E-state index in [9.17, 15) is 9.36 Å². The normalized spacial score (nSPS) is 18.2. The van der Waals surface area contributed by atoms with Crippen molar-refractivity contribution in [1.29, 1.82) is 0 Å². The molecule has 7 N–H and O–H groups in total. The maximum atomic E-state index is 10.6. The van der Waals surface area contributed by atoms with Crippen molar-refractivity contribution in [2.24, 2.45) is 5.73 Å². The first kappa shape index (κ1) is 14.5. The molecule has 9 nitrogen and oxygen atoms in total. The quantitative estimate of drug-likeness (QED) is 0.264. The smallest absolute Gasteiger partial charge is 0.394 e. The minimum atomic E-state index is -5.03. The van der Waals surface area contributed by atoms with Crippen LogP contribution in [0.15, 0.2) is 0 Å². The van der Waals surface area contributed by atoms with Gasteiger partial charge in [-0.3, -0.25) is 9.32 Å². The average molecular weight is 245 g/mol. The van der Waals surface area contributed by atoms with E-state index in [1.54, 1.807) is 0 Å². The Kier molecular flexibility index (Phi) is 5.32. The van der Waals surface area contributed by atoms with Crippen molar-refractivity contribution >= 4 is 13.7 Å². The van der Waals surface area contributed by atoms with E-state index in [0.717, 1.165) is 0 Å². The number of aliphatic hydroxyl groups is 3. The standard InChI is InChI=1S/C5H12NO8P/c6-5(10)4(14-15(11,12)13)3(9)2(8)1-7/h2-4,7-9H,1H2,(H2,6,10)(H2,11,12,13)/t2-,3-,4-/m1/s1. The van der Waals surface area contributed by atoms with E-state index in [-0.39, 0.29) is 0 Å². The van der Waals surface area contributed by atoms with Gasteiger partial charge in [-0.1, -0.05) is 0 Å². The zero-order chi connectivity index (χ0) is 12.2. The highest BCUT2D eigenvalue weighted by molar-refractivity contribution is 7.46. The van der Waals surface area contributed by atoms with Gasteiger partial charge >= 0.3 is 7.82 Å². The lowest BCUT2D eigenvalue weighted by Gasteiger charge is -2.23. The van der Waals surface area contributed by atoms with E-state index in [1.807, 2.05) is 0 Å². The predicted octanol–water partition coefficient (Wildman–Crippen LogP) is -3.34. The summed E-state index contributed by atoms with van der Waals surface area (Å²) in [7, 11) is -5.03. The van der Waals surface area contributed by atoms with Gasteiger partial charge in [0.2, 0.25) is 5.91 Å². The molecule has 90 valence electrons. The van der Waals surface area contributed by atoms with Gasteiger partial charge in [0.05, 0.1) is 6.61 Å². The third-order valence-corrected chi connectivity index (χ3v) is 1.92. The lowest BCUT2D eigenvalue weighted by molar-refractivity contribution is -0.137. The van der Waals surface area contributed by atoms with Gasteiger partial charge in [0.25, 0.3) is 0 Å². The molecule has 0 heterocycles. The molecule has 0 rings (SSSR count). The molecule has 0 aliphatic heterocycles. The third-order valence-electron chi connectivity index (χ3n) is 1.42. The molecule has 0 aliphatic rings. The molecule has 3 atom stereocenters. The van der Waals surface area contributed by atoms with Crippen LogP contribution in [-0.4, -0.2) is 55.9 Å². The summed E-state index contributed by atoms with van der Waals surface area (Å²) in [5.74, 6) is -1.38. The molecule has 10 heteroatoms. The summed E-state index contributed by atoms with van der Waals surface area (Å²) in [5.41, 5.74) is 4.68. The first-order chi connectivity index (χ1) is 6.69. The molecule has 0 bridgehead atoms. The number of carbonyl (C=O) groups is 1. The highest BCUT2D eigenvalue weighted by Crippen LogP contribution is 2.38. The molecule has 0 radical (unpaired) electrons. The van der Waals surface area contributed by atoms with E-state index in [2.05, 4.69) is 10.3 Å². The molecule has 0 saturated heterocycles. The maximum Gasteiger partial charge on any atom is 0.470 e. The number of phosphoric acid groups is 1. The van der Waals surface area contributed by atoms with Crippen LogP contribution >= 0.6 is 7.82 Å². The van der Waals surface area contributed by atoms with Crippen molar-refractivity contribution in [3.63, 3.8) is 0 Å². The Bertz CT molecular complexity index is 264. The van der Waals surface area contributed by atoms with Gasteiger partial charge in [0.15, 0.2) is 6.10 Å². The molecule has 1 amide bonds. The Morgan fingerprint density at radius 1 is 1.40 bits per heavy atom. The van der Waals surface area contributed by atoms with Crippen molar-refractivity contribution in [3.05, 3.63) is 0 Å². The summed E-state index contributed by atoms with van der Waals surface area (Å²) in [5, 5.41) is 26.5. The van der Waals surface area contributed by atoms with Crippen molar-refractivity contribution in [3.8, 4) is 0 Å². The van der Waals surface area contributed by atoms with Crippen molar-refractivity contribution < 1.29 is 39.0 Å². The zero-order valence-corrected chi connectivity index (χ0v) is 8.32. The van der Waals surface area contributed by atoms with Crippen LogP contribution in [0.1, 0.15) is 0 Å². The minimum Gasteiger partial charge on any atom is -0.394 e. The molecule has 15 heavy (non-hydrogen) atoms. The van der Waals surface area contributed by atoms with E-state index < -0.39 is 38.6 Å². The molecular formula is C5H12NO8P. The molecule has 0 saturated carbocycles. The fraction of sp³-hybridized carbons (Fsp3) is 0.800. The number of primary amides is 1. The van der Waals surface area contributed by atoms with E-state index in [4.69, 9.17) is 25.1 Å². The summed E-state index contributed by atoms with van der Waals surface area (Å²) in [6, 6.07) is 0. The SMILES string of the molecule is NC(=O)[C@H](OP(=O)(O)O)[C@H](O)[C@H](O)CO. The molecule has 0 fully saturated rings. The molecule has 0 unspecified atom stereocenters. The number of phosphoric ester groups is 1. The summed E-state index contributed by atoms with van der Waals surface area (Å²) in [4.78, 5) is 27.4. The van der Waals surface area contributed by atoms with Crippen molar-refractivity contribution in [1.82, 2.24) is 0 Å². The molecule has 0 aromatic rings. The average Bonchev–Trinajstić information content (AvgIpc) is 2.10. The van der Waals surface area contributed by atoms with Crippen LogP contribution in [0.5, 0.6) is 0 Å². The summed E-state index contributed by atoms with van der Waals surface area (Å²) in [6.07, 6.45) is -5.93. The lowest BCUT2D eigenvalue weighted by Crippen LogP contribution is -2.47. The number of aliphatic hydroxyl groups excluding tert-OH is 3. The lowest BCUT2D eigenvalue weighted by atomic mass is 10.1. The van der Waals surface area contributed by atoms with Crippen molar-refractivity contribution in [2.45, 2.75) is 18.3 Å². The summed E-state index contributed by atoms with van der Waals surface area (Å²) >= 11 is 0. The van der Waals surface area contributed by atoms with Gasteiger partial charge in [-0.2, -0.15) is 0 Å². The van der Waals surface area contributed by atoms with Crippen LogP contribution in [0.25, 0.3) is 0 Å². The second-order valence-electron chi connectivity index (χ2n) is 2.66. The van der Waals surface area contributed by atoms with Crippen LogP contribution in [-0.2, 0) is 13.9 Å². The Morgan fingerprint density at radius 3 is 2.13 bits per heavy atom. The van der Waals surface area contributed by atoms with Crippen molar-refractivity contribution in [2.75, 3.05) is 6.61 Å². The second kappa shape index (κ2) is 5.52. The molecule has 0 spiro atoms. The first-order valence-corrected chi connectivity index (χ1v) is 5.22. The highest BCUT2D eigenvalue weighted by Gasteiger charge is 2.36. The number of hydrogen-bond acceptors (Lipinski definition) is 6. The van der Waals surface area contributed by atoms with Crippen LogP contribution in [0.3, 0.4) is 0 Å². The number of hydrogen-bond donors (Lipinski definition) is 6. The van der Waals surface area contributed by atoms with Crippen LogP contribution in [0.4, 0.5) is 0 Å². The molecular weight excluding hydrogens is 233 g/mol. The van der Waals surface area contributed by atoms with Gasteiger partial charge in [-0.05, 0) is 0 Å². The Morgan fingerprint density at radius 2 is 1.87 bits per heavy atom. The highest BCUT2D eigenvalue weighted by atomic mass is 31.2. The fourth-order valence-electron chi connectivity index (χ4n) is 0.740. The summed E-state index contributed by atoms with van der Waals surface area (Å²) < 4.78 is 14.2. The van der Waals surface area contributed by atoms with Gasteiger partial charge < -0.3 is 30.8 Å². The fourth-order valence-corrected chi connectivity index (χ4v) is 1.26. The van der Waals surface area contributed by atoms with Gasteiger partial charge in [-0.15, -0.1) is 0 Å². The second-order valence-corrected chi connectivity index (χ2v) is 3.85. The largest absolute Gasteiger partial charge is 0.470 e. The van der Waals surface area contributed by atoms with Gasteiger partial charge in [0, 0.05) is 0 Å². The van der Waals surface area contributed by atoms with Crippen LogP contribution in [0, 0.1) is 0 Å². The van der Waals surface area contributed by atoms with E-state index in [1.165, 1.54) is 0 Å². The Balaban J connectivity index is 4.67. The minimum absolute atomic E-state index is 0.921. The van der Waals surface area contributed by atoms with Gasteiger partial charge in [-0.25, -0.2) is 4.57 Å². The van der Waals surface area contributed by atoms with E-state index in [0.29, 0.717) is 0 Å². The first-order valence-electron chi connectivity index (χ1n) is 3.69. The third kappa shape index (κ3) is 5.19. The predicted molar refractivity (Wildman–Crippen MR) is 45.2 cm³/mol. The van der Waals surface area contributed by atoms with Gasteiger partial charge in [0.1, 0.15) is 12.2 Å². The Hall–Kier alpha value is -0.540.